The number of ether oxygens (including phenoxy) is 2. The normalized spacial score (nSPS) is 36.0. The van der Waals surface area contributed by atoms with Crippen LogP contribution in [0.3, 0.4) is 0 Å². The first-order valence-corrected chi connectivity index (χ1v) is 39.1. The van der Waals surface area contributed by atoms with Gasteiger partial charge in [0.25, 0.3) is 11.8 Å². The number of hydrogen-bond donors (Lipinski definition) is 2. The van der Waals surface area contributed by atoms with E-state index in [0.29, 0.717) is 67.0 Å². The number of halogens is 2. The minimum absolute atomic E-state index is 0.000768. The Bertz CT molecular complexity index is 4190. The predicted octanol–water partition coefficient (Wildman–Crippen LogP) is 18.4. The van der Waals surface area contributed by atoms with E-state index >= 15 is 4.39 Å². The Morgan fingerprint density at radius 2 is 1.20 bits per heavy atom. The Labute approximate surface area is 612 Å². The molecule has 13 rings (SSSR count). The highest BCUT2D eigenvalue weighted by Crippen LogP contribution is 2.78. The molecule has 17 nitrogen and oxygen atoms in total. The fraction of sp³-hybridized carbons (Fsp3) is 0.706. The maximum absolute atomic E-state index is 16.5. The maximum atomic E-state index is 16.5. The second kappa shape index (κ2) is 26.0. The van der Waals surface area contributed by atoms with Gasteiger partial charge in [0.2, 0.25) is 11.8 Å². The lowest BCUT2D eigenvalue weighted by molar-refractivity contribution is -0.232. The molecule has 7 fully saturated rings. The number of hydrogen-bond acceptors (Lipinski definition) is 15. The van der Waals surface area contributed by atoms with E-state index in [0.717, 1.165) is 100.0 Å². The van der Waals surface area contributed by atoms with Crippen molar-refractivity contribution in [3.63, 3.8) is 0 Å². The van der Waals surface area contributed by atoms with Gasteiger partial charge in [-0.15, -0.1) is 20.4 Å². The molecule has 104 heavy (non-hydrogen) atoms. The number of nitrogens with zero attached hydrogens (tertiary/aromatic N) is 5. The molecule has 4 aromatic rings. The quantitative estimate of drug-likeness (QED) is 0.0780. The van der Waals surface area contributed by atoms with Gasteiger partial charge in [-0.3, -0.25) is 28.8 Å². The number of carboxylic acids is 2. The Balaban J connectivity index is 0.696. The lowest BCUT2D eigenvalue weighted by Gasteiger charge is -2.72. The number of fused-ring (bicyclic) bond motifs is 12. The van der Waals surface area contributed by atoms with Gasteiger partial charge in [-0.1, -0.05) is 103 Å². The number of aromatic nitrogens is 5. The van der Waals surface area contributed by atoms with E-state index in [1.807, 2.05) is 6.92 Å². The monoisotopic (exact) mass is 1430 g/mol. The summed E-state index contributed by atoms with van der Waals surface area (Å²) in [7, 11) is 0. The second-order valence-corrected chi connectivity index (χ2v) is 37.9. The third-order valence-electron chi connectivity index (χ3n) is 31.3. The Morgan fingerprint density at radius 1 is 0.635 bits per heavy atom. The average Bonchev–Trinajstić information content (AvgIpc) is 1.17. The van der Waals surface area contributed by atoms with Gasteiger partial charge >= 0.3 is 23.9 Å². The zero-order valence-electron chi connectivity index (χ0n) is 64.8. The molecule has 19 heteroatoms. The molecule has 0 spiro atoms. The van der Waals surface area contributed by atoms with Crippen LogP contribution in [0.15, 0.2) is 67.7 Å². The summed E-state index contributed by atoms with van der Waals surface area (Å²) in [5.74, 6) is -2.11. The molecule has 0 radical (unpaired) electrons. The van der Waals surface area contributed by atoms with Crippen LogP contribution in [0.4, 0.5) is 8.78 Å². The molecular formula is C85H113F2N5O12. The molecule has 0 aliphatic heterocycles. The summed E-state index contributed by atoms with van der Waals surface area (Å²) in [6.45, 7) is 36.6. The van der Waals surface area contributed by atoms with Crippen molar-refractivity contribution in [2.45, 2.75) is 282 Å². The summed E-state index contributed by atoms with van der Waals surface area (Å²) < 4.78 is 56.2. The number of carbonyl (C=O) groups excluding carboxylic acids is 4. The molecule has 0 saturated heterocycles. The van der Waals surface area contributed by atoms with Gasteiger partial charge in [-0.2, -0.15) is 0 Å². The molecule has 0 bridgehead atoms. The number of pyridine rings is 1. The van der Waals surface area contributed by atoms with E-state index in [-0.39, 0.29) is 129 Å². The number of aliphatic carboxylic acids is 2. The van der Waals surface area contributed by atoms with Crippen LogP contribution in [-0.2, 0) is 55.5 Å². The number of carboxylic acid groups (broad SMARTS) is 2. The lowest BCUT2D eigenvalue weighted by Crippen LogP contribution is -2.66. The van der Waals surface area contributed by atoms with Gasteiger partial charge < -0.3 is 28.5 Å². The molecule has 9 aliphatic rings. The number of rotatable bonds is 20. The number of ketones is 2. The van der Waals surface area contributed by atoms with E-state index in [1.54, 1.807) is 26.8 Å². The minimum atomic E-state index is -1.65. The van der Waals surface area contributed by atoms with E-state index < -0.39 is 75.1 Å². The Morgan fingerprint density at radius 3 is 1.76 bits per heavy atom. The number of allylic oxidation sites excluding steroid dienone is 4. The Kier molecular flexibility index (Phi) is 18.8. The van der Waals surface area contributed by atoms with E-state index in [4.69, 9.17) is 23.4 Å². The highest BCUT2D eigenvalue weighted by Gasteiger charge is 2.73. The van der Waals surface area contributed by atoms with Crippen LogP contribution in [0.25, 0.3) is 23.0 Å². The van der Waals surface area contributed by atoms with Gasteiger partial charge in [0.15, 0.2) is 11.6 Å². The van der Waals surface area contributed by atoms with Gasteiger partial charge in [-0.05, 0) is 268 Å². The van der Waals surface area contributed by atoms with Crippen LogP contribution < -0.4 is 0 Å². The van der Waals surface area contributed by atoms with Gasteiger partial charge in [0.1, 0.15) is 29.5 Å². The zero-order chi connectivity index (χ0) is 75.4. The largest absolute Gasteiger partial charge is 0.481 e. The molecule has 3 heterocycles. The average molecular weight is 1430 g/mol. The lowest BCUT2D eigenvalue weighted by atomic mass is 9.33. The smallest absolute Gasteiger partial charge is 0.310 e. The highest BCUT2D eigenvalue weighted by atomic mass is 19.1. The second-order valence-electron chi connectivity index (χ2n) is 37.9. The van der Waals surface area contributed by atoms with E-state index in [9.17, 15) is 43.4 Å². The van der Waals surface area contributed by atoms with Crippen LogP contribution in [-0.4, -0.2) is 83.2 Å². The molecule has 1 unspecified atom stereocenters. The highest BCUT2D eigenvalue weighted by molar-refractivity contribution is 6.02. The molecule has 564 valence electrons. The standard InChI is InChI=1S/C85H113F2N5O12/c1-18-51(101-63(95)43-75(7,8)73(97)98)28-31-78(12)48(6)27-33-82(16)60(78)25-21-53-67-65(46(2)3)57(93)41-84(67,37-35-80(53,82)14)71-91-89-69(103-71)52-39-49(19-23-55(52)87)40-77(11,74(99)100)44-64(96)102-62-30-32-79(13)59(76(62,9)10)29-34-83(17)61(79)26-22-54-68-66(47(4)5)58(94)42-85(68,38-36-81(54,83)15)72-92-90-70(104-72)56-24-20-50(86)45-88-56/h19-20,23-24,39,45-48,51,53-54,59-62H,18,21-22,25-38,40-44H2,1-17H3,(H,97,98)(H,99,100)/t48-,51-,53-,54-,59+,60-,61-,62+,77?,78+,79+,80-,81-,82-,83-,84-,85-/m1/s1. The fourth-order valence-electron chi connectivity index (χ4n) is 25.0. The summed E-state index contributed by atoms with van der Waals surface area (Å²) in [6, 6.07) is 7.21. The van der Waals surface area contributed by atoms with E-state index in [2.05, 4.69) is 110 Å². The fourth-order valence-corrected chi connectivity index (χ4v) is 25.0. The minimum Gasteiger partial charge on any atom is -0.481 e. The van der Waals surface area contributed by atoms with Crippen molar-refractivity contribution in [1.29, 1.82) is 0 Å². The molecule has 9 aliphatic carbocycles. The summed E-state index contributed by atoms with van der Waals surface area (Å²) in [5.41, 5.74) is -1.02. The first-order valence-electron chi connectivity index (χ1n) is 39.1. The first-order chi connectivity index (χ1) is 48.6. The van der Waals surface area contributed by atoms with Crippen molar-refractivity contribution in [2.24, 2.45) is 96.1 Å². The van der Waals surface area contributed by atoms with E-state index in [1.165, 1.54) is 29.8 Å². The number of carbonyl (C=O) groups is 6. The van der Waals surface area contributed by atoms with Crippen LogP contribution in [0.1, 0.15) is 270 Å². The van der Waals surface area contributed by atoms with Gasteiger partial charge in [0.05, 0.1) is 46.3 Å². The van der Waals surface area contributed by atoms with Crippen molar-refractivity contribution < 1.29 is 66.1 Å². The topological polar surface area (TPSA) is 252 Å². The van der Waals surface area contributed by atoms with Crippen molar-refractivity contribution in [2.75, 3.05) is 0 Å². The molecule has 7 saturated carbocycles. The van der Waals surface area contributed by atoms with Crippen molar-refractivity contribution in [3.05, 3.63) is 87.8 Å². The maximum Gasteiger partial charge on any atom is 0.310 e. The van der Waals surface area contributed by atoms with Crippen LogP contribution in [0, 0.1) is 108 Å². The predicted molar refractivity (Wildman–Crippen MR) is 387 cm³/mol. The number of Topliss-reactive ketones (excluding diaryl/α,β-unsaturated/α-hetero) is 2. The zero-order valence-corrected chi connectivity index (χ0v) is 64.8. The molecule has 17 atom stereocenters. The van der Waals surface area contributed by atoms with Gasteiger partial charge in [0, 0.05) is 18.3 Å². The molecule has 3 aromatic heterocycles. The summed E-state index contributed by atoms with van der Waals surface area (Å²) in [4.78, 5) is 86.6. The Hall–Kier alpha value is -6.79. The van der Waals surface area contributed by atoms with Crippen LogP contribution in [0.2, 0.25) is 0 Å². The molecular weight excluding hydrogens is 1320 g/mol. The number of esters is 2. The summed E-state index contributed by atoms with van der Waals surface area (Å²) >= 11 is 0. The van der Waals surface area contributed by atoms with Gasteiger partial charge in [-0.25, -0.2) is 13.8 Å². The summed E-state index contributed by atoms with van der Waals surface area (Å²) in [5, 5.41) is 39.2. The third kappa shape index (κ3) is 11.5. The van der Waals surface area contributed by atoms with Crippen molar-refractivity contribution in [1.82, 2.24) is 25.4 Å². The molecule has 0 amide bonds. The first kappa shape index (κ1) is 75.4. The number of benzene rings is 1. The third-order valence-corrected chi connectivity index (χ3v) is 31.3. The van der Waals surface area contributed by atoms with Crippen molar-refractivity contribution in [3.8, 4) is 23.0 Å². The molecule has 1 aromatic carbocycles. The SMILES string of the molecule is CC[C@H](CC[C@@]1(C)[C@H](C)CC[C@]2(C)[C@@H]1CC[C@@H]1C3=C(C(C)C)C(=O)C[C@]3(c3nnc(-c4cc(CC(C)(CC(=O)O[C@H]5CC[C@]6(C)[C@H]7CC[C@@H]8C9=C(C(C)C)C(=O)C[C@]9(c9nnc(-c%10ccc(F)cn%10)o9)CC[C@@]8(C)[C@]7(C)CC[C@H]6C5(C)C)C(=O)O)ccc4F)o3)CC[C@]12C)OC(=O)CC(C)(C)C(=O)O. The molecule has 2 N–H and O–H groups in total. The van der Waals surface area contributed by atoms with Crippen LogP contribution in [0.5, 0.6) is 0 Å². The summed E-state index contributed by atoms with van der Waals surface area (Å²) in [6.07, 6.45) is 14.1. The van der Waals surface area contributed by atoms with Crippen LogP contribution >= 0.6 is 0 Å². The van der Waals surface area contributed by atoms with Crippen molar-refractivity contribution >= 4 is 35.4 Å².